The SMILES string of the molecule is Cc1csc(N2C(=O)C(O)=C(C(=O)c3cc4ccccc4o3)C2c2cccc(Cl)c2)n1. The van der Waals surface area contributed by atoms with Gasteiger partial charge in [-0.25, -0.2) is 4.98 Å². The van der Waals surface area contributed by atoms with E-state index in [0.29, 0.717) is 21.3 Å². The summed E-state index contributed by atoms with van der Waals surface area (Å²) in [5, 5.41) is 14.2. The number of nitrogens with zero attached hydrogens (tertiary/aromatic N) is 2. The van der Waals surface area contributed by atoms with Gasteiger partial charge in [-0.05, 0) is 36.8 Å². The average molecular weight is 451 g/mol. The summed E-state index contributed by atoms with van der Waals surface area (Å²) < 4.78 is 5.72. The van der Waals surface area contributed by atoms with Crippen molar-refractivity contribution < 1.29 is 19.1 Å². The molecule has 0 radical (unpaired) electrons. The number of thiazole rings is 1. The van der Waals surface area contributed by atoms with Gasteiger partial charge in [-0.1, -0.05) is 41.9 Å². The summed E-state index contributed by atoms with van der Waals surface area (Å²) >= 11 is 7.45. The van der Waals surface area contributed by atoms with Crippen LogP contribution in [0.4, 0.5) is 5.13 Å². The number of rotatable bonds is 4. The molecular formula is C23H15ClN2O4S. The Morgan fingerprint density at radius 3 is 2.71 bits per heavy atom. The van der Waals surface area contributed by atoms with Gasteiger partial charge in [0.1, 0.15) is 5.58 Å². The van der Waals surface area contributed by atoms with Crippen LogP contribution in [0.2, 0.25) is 5.02 Å². The number of aliphatic hydroxyl groups excluding tert-OH is 1. The Hall–Kier alpha value is -3.42. The van der Waals surface area contributed by atoms with Crippen LogP contribution in [0.25, 0.3) is 11.0 Å². The fraction of sp³-hybridized carbons (Fsp3) is 0.0870. The van der Waals surface area contributed by atoms with E-state index in [-0.39, 0.29) is 11.3 Å². The van der Waals surface area contributed by atoms with E-state index in [1.165, 1.54) is 16.2 Å². The lowest BCUT2D eigenvalue weighted by Crippen LogP contribution is -2.31. The van der Waals surface area contributed by atoms with Crippen molar-refractivity contribution in [3.63, 3.8) is 0 Å². The van der Waals surface area contributed by atoms with Crippen LogP contribution in [0.1, 0.15) is 27.9 Å². The fourth-order valence-electron chi connectivity index (χ4n) is 3.71. The highest BCUT2D eigenvalue weighted by atomic mass is 35.5. The molecule has 3 heterocycles. The molecule has 5 rings (SSSR count). The number of para-hydroxylation sites is 1. The van der Waals surface area contributed by atoms with Crippen molar-refractivity contribution >= 4 is 50.7 Å². The van der Waals surface area contributed by atoms with Gasteiger partial charge in [0, 0.05) is 15.8 Å². The quantitative estimate of drug-likeness (QED) is 0.407. The lowest BCUT2D eigenvalue weighted by molar-refractivity contribution is -0.117. The number of benzene rings is 2. The van der Waals surface area contributed by atoms with Crippen LogP contribution in [-0.2, 0) is 4.79 Å². The summed E-state index contributed by atoms with van der Waals surface area (Å²) in [6, 6.07) is 14.8. The first-order chi connectivity index (χ1) is 14.9. The molecule has 31 heavy (non-hydrogen) atoms. The molecule has 6 nitrogen and oxygen atoms in total. The summed E-state index contributed by atoms with van der Waals surface area (Å²) in [7, 11) is 0. The van der Waals surface area contributed by atoms with Gasteiger partial charge in [-0.2, -0.15) is 0 Å². The second-order valence-corrected chi connectivity index (χ2v) is 8.42. The zero-order valence-electron chi connectivity index (χ0n) is 16.2. The van der Waals surface area contributed by atoms with Crippen LogP contribution in [0.15, 0.2) is 75.7 Å². The molecule has 1 atom stereocenters. The number of fused-ring (bicyclic) bond motifs is 1. The smallest absolute Gasteiger partial charge is 0.296 e. The highest BCUT2D eigenvalue weighted by Gasteiger charge is 2.46. The van der Waals surface area contributed by atoms with Crippen molar-refractivity contribution in [3.05, 3.63) is 93.3 Å². The summed E-state index contributed by atoms with van der Waals surface area (Å²) in [5.74, 6) is -1.84. The number of halogens is 1. The van der Waals surface area contributed by atoms with E-state index in [1.807, 2.05) is 19.1 Å². The maximum absolute atomic E-state index is 13.5. The Bertz CT molecular complexity index is 1350. The number of Topliss-reactive ketones (excluding diaryl/α,β-unsaturated/α-hetero) is 1. The molecule has 154 valence electrons. The molecule has 1 aliphatic rings. The molecule has 1 aliphatic heterocycles. The van der Waals surface area contributed by atoms with Crippen LogP contribution >= 0.6 is 22.9 Å². The molecule has 0 bridgehead atoms. The van der Waals surface area contributed by atoms with E-state index in [9.17, 15) is 14.7 Å². The van der Waals surface area contributed by atoms with Crippen molar-refractivity contribution in [3.8, 4) is 0 Å². The average Bonchev–Trinajstić information content (AvgIpc) is 3.44. The van der Waals surface area contributed by atoms with Crippen LogP contribution in [0.3, 0.4) is 0 Å². The first kappa shape index (κ1) is 19.5. The minimum Gasteiger partial charge on any atom is -0.503 e. The van der Waals surface area contributed by atoms with Gasteiger partial charge in [0.15, 0.2) is 16.7 Å². The number of carbonyl (C=O) groups excluding carboxylic acids is 2. The van der Waals surface area contributed by atoms with E-state index >= 15 is 0 Å². The lowest BCUT2D eigenvalue weighted by atomic mass is 9.95. The first-order valence-corrected chi connectivity index (χ1v) is 10.7. The zero-order chi connectivity index (χ0) is 21.7. The largest absolute Gasteiger partial charge is 0.503 e. The number of aromatic nitrogens is 1. The minimum atomic E-state index is -0.891. The van der Waals surface area contributed by atoms with Gasteiger partial charge in [-0.3, -0.25) is 14.5 Å². The monoisotopic (exact) mass is 450 g/mol. The Balaban J connectivity index is 1.67. The van der Waals surface area contributed by atoms with Crippen LogP contribution in [0, 0.1) is 6.92 Å². The van der Waals surface area contributed by atoms with Crippen LogP contribution in [0.5, 0.6) is 0 Å². The number of carbonyl (C=O) groups is 2. The maximum atomic E-state index is 13.5. The molecule has 1 amide bonds. The molecule has 2 aromatic heterocycles. The second kappa shape index (κ2) is 7.37. The van der Waals surface area contributed by atoms with Gasteiger partial charge in [-0.15, -0.1) is 11.3 Å². The summed E-state index contributed by atoms with van der Waals surface area (Å²) in [5.41, 5.74) is 1.78. The molecule has 1 N–H and O–H groups in total. The molecule has 8 heteroatoms. The van der Waals surface area contributed by atoms with Gasteiger partial charge >= 0.3 is 0 Å². The number of ketones is 1. The van der Waals surface area contributed by atoms with Gasteiger partial charge in [0.2, 0.25) is 5.78 Å². The molecule has 4 aromatic rings. The van der Waals surface area contributed by atoms with Crippen molar-refractivity contribution in [2.24, 2.45) is 0 Å². The highest BCUT2D eigenvalue weighted by molar-refractivity contribution is 7.14. The maximum Gasteiger partial charge on any atom is 0.296 e. The highest BCUT2D eigenvalue weighted by Crippen LogP contribution is 2.43. The van der Waals surface area contributed by atoms with Gasteiger partial charge < -0.3 is 9.52 Å². The second-order valence-electron chi connectivity index (χ2n) is 7.14. The fourth-order valence-corrected chi connectivity index (χ4v) is 4.73. The summed E-state index contributed by atoms with van der Waals surface area (Å²) in [4.78, 5) is 32.3. The van der Waals surface area contributed by atoms with E-state index in [2.05, 4.69) is 4.98 Å². The van der Waals surface area contributed by atoms with Crippen molar-refractivity contribution in [1.82, 2.24) is 4.98 Å². The normalized spacial score (nSPS) is 16.5. The Kier molecular flexibility index (Phi) is 4.64. The van der Waals surface area contributed by atoms with Gasteiger partial charge in [0.05, 0.1) is 17.3 Å². The van der Waals surface area contributed by atoms with Crippen molar-refractivity contribution in [2.75, 3.05) is 4.90 Å². The predicted octanol–water partition coefficient (Wildman–Crippen LogP) is 5.63. The van der Waals surface area contributed by atoms with E-state index in [4.69, 9.17) is 16.0 Å². The van der Waals surface area contributed by atoms with Crippen molar-refractivity contribution in [1.29, 1.82) is 0 Å². The molecule has 0 fully saturated rings. The Labute approximate surface area is 186 Å². The third-order valence-corrected chi connectivity index (χ3v) is 6.27. The summed E-state index contributed by atoms with van der Waals surface area (Å²) in [6.07, 6.45) is 0. The number of hydrogen-bond donors (Lipinski definition) is 1. The molecule has 0 saturated heterocycles. The molecule has 0 saturated carbocycles. The number of aryl methyl sites for hydroxylation is 1. The number of amides is 1. The minimum absolute atomic E-state index is 0.0414. The molecule has 0 aliphatic carbocycles. The number of aliphatic hydroxyl groups is 1. The topological polar surface area (TPSA) is 83.6 Å². The van der Waals surface area contributed by atoms with Crippen molar-refractivity contribution in [2.45, 2.75) is 13.0 Å². The standard InChI is InChI=1S/C23H15ClN2O4S/c1-12-11-31-23(25-12)26-19(14-6-4-7-15(24)9-14)18(21(28)22(26)29)20(27)17-10-13-5-2-3-8-16(13)30-17/h2-11,19,28H,1H3. The van der Waals surface area contributed by atoms with Crippen LogP contribution in [-0.4, -0.2) is 21.8 Å². The molecular weight excluding hydrogens is 436 g/mol. The first-order valence-electron chi connectivity index (χ1n) is 9.41. The van der Waals surface area contributed by atoms with Crippen LogP contribution < -0.4 is 4.90 Å². The van der Waals surface area contributed by atoms with E-state index < -0.39 is 23.5 Å². The van der Waals surface area contributed by atoms with E-state index in [0.717, 1.165) is 11.1 Å². The third kappa shape index (κ3) is 3.22. The van der Waals surface area contributed by atoms with Gasteiger partial charge in [0.25, 0.3) is 5.91 Å². The Morgan fingerprint density at radius 1 is 1.19 bits per heavy atom. The number of anilines is 1. The van der Waals surface area contributed by atoms with E-state index in [1.54, 1.807) is 47.8 Å². The molecule has 2 aromatic carbocycles. The molecule has 1 unspecified atom stereocenters. The molecule has 0 spiro atoms. The predicted molar refractivity (Wildman–Crippen MR) is 119 cm³/mol. The number of hydrogen-bond acceptors (Lipinski definition) is 6. The lowest BCUT2D eigenvalue weighted by Gasteiger charge is -2.24. The summed E-state index contributed by atoms with van der Waals surface area (Å²) in [6.45, 7) is 1.81. The zero-order valence-corrected chi connectivity index (χ0v) is 17.8. The Morgan fingerprint density at radius 2 is 2.00 bits per heavy atom. The number of furan rings is 1. The third-order valence-electron chi connectivity index (χ3n) is 5.08.